The minimum absolute atomic E-state index is 0.0590. The van der Waals surface area contributed by atoms with Crippen molar-refractivity contribution in [3.63, 3.8) is 0 Å². The molecule has 0 saturated heterocycles. The van der Waals surface area contributed by atoms with Gasteiger partial charge >= 0.3 is 5.97 Å². The highest BCUT2D eigenvalue weighted by Gasteiger charge is 2.32. The van der Waals surface area contributed by atoms with Gasteiger partial charge in [-0.15, -0.1) is 11.8 Å². The molecule has 30 heavy (non-hydrogen) atoms. The van der Waals surface area contributed by atoms with Crippen molar-refractivity contribution in [3.05, 3.63) is 59.3 Å². The number of rotatable bonds is 6. The fourth-order valence-corrected chi connectivity index (χ4v) is 4.70. The molecule has 0 amide bonds. The second-order valence-corrected chi connectivity index (χ2v) is 11.5. The Balaban J connectivity index is 2.26. The van der Waals surface area contributed by atoms with Crippen molar-refractivity contribution in [1.82, 2.24) is 4.57 Å². The number of fused-ring (bicyclic) bond motifs is 1. The van der Waals surface area contributed by atoms with Gasteiger partial charge in [0.1, 0.15) is 5.75 Å². The number of aliphatic carboxylic acids is 1. The van der Waals surface area contributed by atoms with Crippen LogP contribution in [0.15, 0.2) is 47.4 Å². The maximum atomic E-state index is 11.9. The first kappa shape index (κ1) is 22.3. The maximum absolute atomic E-state index is 11.9. The number of aromatic hydroxyl groups is 1. The summed E-state index contributed by atoms with van der Waals surface area (Å²) in [5.74, 6) is -0.598. The number of nitrogens with zero attached hydrogens (tertiary/aromatic N) is 1. The van der Waals surface area contributed by atoms with E-state index in [0.717, 1.165) is 27.1 Å². The van der Waals surface area contributed by atoms with Crippen LogP contribution in [0.1, 0.15) is 51.4 Å². The second kappa shape index (κ2) is 8.03. The molecular weight excluding hydrogens is 394 g/mol. The number of aromatic nitrogens is 1. The molecule has 3 rings (SSSR count). The second-order valence-electron chi connectivity index (χ2n) is 9.63. The van der Waals surface area contributed by atoms with E-state index in [4.69, 9.17) is 0 Å². The molecule has 0 fully saturated rings. The Hall–Kier alpha value is -2.40. The van der Waals surface area contributed by atoms with E-state index in [-0.39, 0.29) is 10.5 Å². The molecule has 5 heteroatoms. The summed E-state index contributed by atoms with van der Waals surface area (Å²) in [5, 5.41) is 21.0. The van der Waals surface area contributed by atoms with Gasteiger partial charge in [-0.05, 0) is 44.5 Å². The van der Waals surface area contributed by atoms with E-state index in [1.54, 1.807) is 37.7 Å². The lowest BCUT2D eigenvalue weighted by molar-refractivity contribution is -0.146. The van der Waals surface area contributed by atoms with Crippen LogP contribution in [0.2, 0.25) is 0 Å². The highest BCUT2D eigenvalue weighted by Crippen LogP contribution is 2.44. The third kappa shape index (κ3) is 4.84. The highest BCUT2D eigenvalue weighted by atomic mass is 32.2. The van der Waals surface area contributed by atoms with Crippen LogP contribution in [-0.2, 0) is 17.8 Å². The van der Waals surface area contributed by atoms with Crippen LogP contribution in [0.25, 0.3) is 10.9 Å². The molecule has 4 nitrogen and oxygen atoms in total. The van der Waals surface area contributed by atoms with E-state index >= 15 is 0 Å². The first-order chi connectivity index (χ1) is 13.9. The van der Waals surface area contributed by atoms with E-state index in [2.05, 4.69) is 56.5 Å². The molecule has 0 spiro atoms. The Kier molecular flexibility index (Phi) is 5.96. The summed E-state index contributed by atoms with van der Waals surface area (Å²) in [6.45, 7) is 12.7. The molecule has 0 aliphatic rings. The zero-order valence-electron chi connectivity index (χ0n) is 18.6. The first-order valence-corrected chi connectivity index (χ1v) is 11.0. The maximum Gasteiger partial charge on any atom is 0.309 e. The smallest absolute Gasteiger partial charge is 0.309 e. The van der Waals surface area contributed by atoms with Gasteiger partial charge in [-0.3, -0.25) is 4.79 Å². The molecule has 1 aromatic heterocycles. The number of hydrogen-bond acceptors (Lipinski definition) is 3. The number of carboxylic acids is 1. The number of phenolic OH excluding ortho intramolecular Hbond substituents is 1. The van der Waals surface area contributed by atoms with Gasteiger partial charge in [-0.1, -0.05) is 50.6 Å². The summed E-state index contributed by atoms with van der Waals surface area (Å²) in [5.41, 5.74) is 3.47. The van der Waals surface area contributed by atoms with Crippen LogP contribution in [0.5, 0.6) is 5.75 Å². The Bertz CT molecular complexity index is 1070. The number of benzene rings is 2. The molecule has 0 aliphatic carbocycles. The van der Waals surface area contributed by atoms with Crippen molar-refractivity contribution in [1.29, 1.82) is 0 Å². The van der Waals surface area contributed by atoms with Crippen molar-refractivity contribution >= 4 is 28.6 Å². The molecule has 0 radical (unpaired) electrons. The summed E-state index contributed by atoms with van der Waals surface area (Å²) >= 11 is 1.73. The van der Waals surface area contributed by atoms with Crippen LogP contribution < -0.4 is 0 Å². The predicted molar refractivity (Wildman–Crippen MR) is 125 cm³/mol. The molecule has 160 valence electrons. The molecule has 0 aliphatic heterocycles. The van der Waals surface area contributed by atoms with E-state index in [0.29, 0.717) is 13.0 Å². The molecule has 2 N–H and O–H groups in total. The zero-order chi connectivity index (χ0) is 22.3. The molecule has 0 saturated carbocycles. The van der Waals surface area contributed by atoms with E-state index in [9.17, 15) is 15.0 Å². The van der Waals surface area contributed by atoms with Gasteiger partial charge in [0.2, 0.25) is 0 Å². The Morgan fingerprint density at radius 2 is 1.67 bits per heavy atom. The fourth-order valence-electron chi connectivity index (χ4n) is 3.51. The average molecular weight is 426 g/mol. The minimum Gasteiger partial charge on any atom is -0.508 e. The monoisotopic (exact) mass is 425 g/mol. The van der Waals surface area contributed by atoms with Crippen molar-refractivity contribution in [2.24, 2.45) is 5.41 Å². The van der Waals surface area contributed by atoms with Crippen LogP contribution in [0.4, 0.5) is 0 Å². The minimum atomic E-state index is -0.908. The van der Waals surface area contributed by atoms with Gasteiger partial charge in [0, 0.05) is 39.2 Å². The first-order valence-electron chi connectivity index (χ1n) is 10.2. The largest absolute Gasteiger partial charge is 0.508 e. The van der Waals surface area contributed by atoms with Crippen LogP contribution >= 0.6 is 11.8 Å². The lowest BCUT2D eigenvalue weighted by atomic mass is 9.88. The van der Waals surface area contributed by atoms with Crippen molar-refractivity contribution in [2.45, 2.75) is 64.2 Å². The van der Waals surface area contributed by atoms with E-state index in [1.807, 2.05) is 6.07 Å². The standard InChI is InChI=1S/C25H31NO3S/c1-16-7-9-17(10-8-16)15-26-20-12-11-18(27)13-19(20)22(30-24(2,3)4)21(26)14-25(5,6)23(28)29/h7-13,27H,14-15H2,1-6H3,(H,28,29). The normalized spacial score (nSPS) is 12.5. The third-order valence-electron chi connectivity index (χ3n) is 5.16. The number of phenols is 1. The number of aryl methyl sites for hydroxylation is 1. The number of hydrogen-bond donors (Lipinski definition) is 2. The number of thioether (sulfide) groups is 1. The molecule has 0 unspecified atom stereocenters. The van der Waals surface area contributed by atoms with Crippen LogP contribution in [0.3, 0.4) is 0 Å². The van der Waals surface area contributed by atoms with Gasteiger partial charge in [0.05, 0.1) is 5.41 Å². The van der Waals surface area contributed by atoms with E-state index < -0.39 is 11.4 Å². The molecule has 0 bridgehead atoms. The quantitative estimate of drug-likeness (QED) is 0.458. The summed E-state index contributed by atoms with van der Waals surface area (Å²) in [6.07, 6.45) is 0.405. The molecule has 1 heterocycles. The SMILES string of the molecule is Cc1ccc(Cn2c(CC(C)(C)C(=O)O)c(SC(C)(C)C)c3cc(O)ccc32)cc1. The zero-order valence-corrected chi connectivity index (χ0v) is 19.4. The lowest BCUT2D eigenvalue weighted by Gasteiger charge is -2.24. The van der Waals surface area contributed by atoms with Crippen LogP contribution in [-0.4, -0.2) is 25.5 Å². The highest BCUT2D eigenvalue weighted by molar-refractivity contribution is 8.00. The van der Waals surface area contributed by atoms with Gasteiger partial charge in [0.15, 0.2) is 0 Å². The third-order valence-corrected chi connectivity index (χ3v) is 6.43. The Labute approximate surface area is 182 Å². The predicted octanol–water partition coefficient (Wildman–Crippen LogP) is 6.25. The fraction of sp³-hybridized carbons (Fsp3) is 0.400. The Morgan fingerprint density at radius 1 is 1.03 bits per heavy atom. The van der Waals surface area contributed by atoms with Gasteiger partial charge in [0.25, 0.3) is 0 Å². The summed E-state index contributed by atoms with van der Waals surface area (Å²) in [7, 11) is 0. The summed E-state index contributed by atoms with van der Waals surface area (Å²) in [6, 6.07) is 13.9. The molecule has 2 aromatic carbocycles. The topological polar surface area (TPSA) is 62.5 Å². The molecule has 0 atom stereocenters. The average Bonchev–Trinajstić information content (AvgIpc) is 2.88. The van der Waals surface area contributed by atoms with Gasteiger partial charge in [-0.25, -0.2) is 0 Å². The van der Waals surface area contributed by atoms with Gasteiger partial charge < -0.3 is 14.8 Å². The summed E-state index contributed by atoms with van der Waals surface area (Å²) < 4.78 is 2.16. The van der Waals surface area contributed by atoms with Crippen LogP contribution in [0, 0.1) is 12.3 Å². The number of carboxylic acid groups (broad SMARTS) is 1. The van der Waals surface area contributed by atoms with Crippen molar-refractivity contribution < 1.29 is 15.0 Å². The lowest BCUT2D eigenvalue weighted by Crippen LogP contribution is -2.28. The van der Waals surface area contributed by atoms with Crippen molar-refractivity contribution in [3.8, 4) is 5.75 Å². The van der Waals surface area contributed by atoms with Gasteiger partial charge in [-0.2, -0.15) is 0 Å². The Morgan fingerprint density at radius 3 is 2.23 bits per heavy atom. The number of carbonyl (C=O) groups is 1. The molecular formula is C25H31NO3S. The van der Waals surface area contributed by atoms with E-state index in [1.165, 1.54) is 5.56 Å². The molecule has 3 aromatic rings. The summed E-state index contributed by atoms with van der Waals surface area (Å²) in [4.78, 5) is 13.0. The van der Waals surface area contributed by atoms with Crippen molar-refractivity contribution in [2.75, 3.05) is 0 Å².